The molecule has 1 heterocycles. The largest absolute Gasteiger partial charge is 0.381 e. The summed E-state index contributed by atoms with van der Waals surface area (Å²) in [7, 11) is 0. The van der Waals surface area contributed by atoms with E-state index in [-0.39, 0.29) is 0 Å². The third-order valence-corrected chi connectivity index (χ3v) is 2.35. The number of hydrogen-bond acceptors (Lipinski definition) is 2. The van der Waals surface area contributed by atoms with Crippen molar-refractivity contribution in [2.75, 3.05) is 13.2 Å². The Labute approximate surface area is 91.3 Å². The average molecular weight is 206 g/mol. The lowest BCUT2D eigenvalue weighted by atomic mass is 10.1. The third-order valence-electron chi connectivity index (χ3n) is 2.35. The van der Waals surface area contributed by atoms with Crippen molar-refractivity contribution in [3.05, 3.63) is 35.4 Å². The highest BCUT2D eigenvalue weighted by Gasteiger charge is 1.94. The second-order valence-corrected chi connectivity index (χ2v) is 3.53. The Morgan fingerprint density at radius 3 is 2.13 bits per heavy atom. The van der Waals surface area contributed by atoms with E-state index in [0.29, 0.717) is 0 Å². The molecule has 0 spiro atoms. The molecule has 1 aromatic carbocycles. The molecule has 0 unspecified atom stereocenters. The molecule has 0 amide bonds. The van der Waals surface area contributed by atoms with Gasteiger partial charge in [0.1, 0.15) is 6.29 Å². The van der Waals surface area contributed by atoms with Crippen molar-refractivity contribution in [2.24, 2.45) is 0 Å². The summed E-state index contributed by atoms with van der Waals surface area (Å²) in [5.74, 6) is 0. The Morgan fingerprint density at radius 1 is 1.20 bits per heavy atom. The van der Waals surface area contributed by atoms with E-state index in [4.69, 9.17) is 4.74 Å². The molecule has 0 aromatic heterocycles. The first-order valence-electron chi connectivity index (χ1n) is 5.48. The quantitative estimate of drug-likeness (QED) is 0.695. The summed E-state index contributed by atoms with van der Waals surface area (Å²) in [5, 5.41) is 0. The first-order chi connectivity index (χ1) is 7.36. The number of benzene rings is 1. The van der Waals surface area contributed by atoms with Gasteiger partial charge in [0, 0.05) is 18.8 Å². The fraction of sp³-hybridized carbons (Fsp3) is 0.462. The van der Waals surface area contributed by atoms with E-state index in [2.05, 4.69) is 6.92 Å². The van der Waals surface area contributed by atoms with Gasteiger partial charge in [-0.15, -0.1) is 0 Å². The Kier molecular flexibility index (Phi) is 5.71. The fourth-order valence-corrected chi connectivity index (χ4v) is 1.34. The molecule has 1 aromatic rings. The summed E-state index contributed by atoms with van der Waals surface area (Å²) < 4.78 is 4.94. The molecule has 0 bridgehead atoms. The lowest BCUT2D eigenvalue weighted by Crippen LogP contribution is -1.81. The number of carbonyl (C=O) groups excluding carboxylic acids is 1. The van der Waals surface area contributed by atoms with Crippen LogP contribution in [0.15, 0.2) is 24.3 Å². The maximum atomic E-state index is 10.2. The molecule has 15 heavy (non-hydrogen) atoms. The molecule has 1 aliphatic rings. The number of aldehydes is 1. The van der Waals surface area contributed by atoms with Crippen LogP contribution in [0.4, 0.5) is 0 Å². The lowest BCUT2D eigenvalue weighted by molar-refractivity contribution is 0.112. The number of aryl methyl sites for hydroxylation is 1. The van der Waals surface area contributed by atoms with Crippen LogP contribution in [0.2, 0.25) is 0 Å². The van der Waals surface area contributed by atoms with E-state index >= 15 is 0 Å². The van der Waals surface area contributed by atoms with Crippen LogP contribution >= 0.6 is 0 Å². The van der Waals surface area contributed by atoms with Gasteiger partial charge in [-0.2, -0.15) is 0 Å². The number of hydrogen-bond donors (Lipinski definition) is 0. The van der Waals surface area contributed by atoms with E-state index in [9.17, 15) is 4.79 Å². The molecule has 0 N–H and O–H groups in total. The fourth-order valence-electron chi connectivity index (χ4n) is 1.34. The first kappa shape index (κ1) is 11.9. The molecule has 1 fully saturated rings. The van der Waals surface area contributed by atoms with Crippen molar-refractivity contribution in [2.45, 2.75) is 26.2 Å². The van der Waals surface area contributed by atoms with Crippen LogP contribution in [-0.2, 0) is 11.2 Å². The van der Waals surface area contributed by atoms with Crippen LogP contribution in [-0.4, -0.2) is 19.5 Å². The molecule has 0 atom stereocenters. The normalized spacial score (nSPS) is 14.2. The van der Waals surface area contributed by atoms with Crippen LogP contribution in [0.25, 0.3) is 0 Å². The highest BCUT2D eigenvalue weighted by Crippen LogP contribution is 2.02. The standard InChI is InChI=1S/C9H10O.C4H8O/c1-2-8-3-5-9(7-10)6-4-8;1-2-4-5-3-1/h3-7H,2H2,1H3;1-4H2. The van der Waals surface area contributed by atoms with Gasteiger partial charge in [-0.05, 0) is 24.8 Å². The summed E-state index contributed by atoms with van der Waals surface area (Å²) in [6.45, 7) is 4.09. The first-order valence-corrected chi connectivity index (χ1v) is 5.48. The van der Waals surface area contributed by atoms with Crippen molar-refractivity contribution >= 4 is 6.29 Å². The molecular formula is C13H18O2. The van der Waals surface area contributed by atoms with Crippen LogP contribution in [0, 0.1) is 0 Å². The van der Waals surface area contributed by atoms with Gasteiger partial charge in [0.15, 0.2) is 0 Å². The predicted molar refractivity (Wildman–Crippen MR) is 61.3 cm³/mol. The van der Waals surface area contributed by atoms with E-state index in [1.807, 2.05) is 24.3 Å². The second kappa shape index (κ2) is 7.18. The number of rotatable bonds is 2. The number of carbonyl (C=O) groups is 1. The Bertz CT molecular complexity index is 265. The zero-order chi connectivity index (χ0) is 10.9. The van der Waals surface area contributed by atoms with Crippen LogP contribution < -0.4 is 0 Å². The van der Waals surface area contributed by atoms with Gasteiger partial charge in [-0.25, -0.2) is 0 Å². The molecule has 1 saturated heterocycles. The topological polar surface area (TPSA) is 26.3 Å². The molecule has 2 rings (SSSR count). The smallest absolute Gasteiger partial charge is 0.150 e. The monoisotopic (exact) mass is 206 g/mol. The van der Waals surface area contributed by atoms with Crippen molar-refractivity contribution in [3.63, 3.8) is 0 Å². The average Bonchev–Trinajstić information content (AvgIpc) is 2.88. The summed E-state index contributed by atoms with van der Waals surface area (Å²) in [6.07, 6.45) is 4.44. The van der Waals surface area contributed by atoms with Gasteiger partial charge >= 0.3 is 0 Å². The predicted octanol–water partition coefficient (Wildman–Crippen LogP) is 2.86. The SMILES string of the molecule is C1CCOC1.CCc1ccc(C=O)cc1. The Hall–Kier alpha value is -1.15. The zero-order valence-electron chi connectivity index (χ0n) is 9.24. The van der Waals surface area contributed by atoms with Gasteiger partial charge in [0.2, 0.25) is 0 Å². The molecule has 82 valence electrons. The van der Waals surface area contributed by atoms with E-state index in [0.717, 1.165) is 31.5 Å². The minimum absolute atomic E-state index is 0.747. The second-order valence-electron chi connectivity index (χ2n) is 3.53. The molecule has 0 aliphatic carbocycles. The third kappa shape index (κ3) is 4.75. The zero-order valence-corrected chi connectivity index (χ0v) is 9.24. The molecule has 0 saturated carbocycles. The van der Waals surface area contributed by atoms with Crippen LogP contribution in [0.1, 0.15) is 35.7 Å². The van der Waals surface area contributed by atoms with Crippen molar-refractivity contribution in [1.29, 1.82) is 0 Å². The molecule has 1 aliphatic heterocycles. The van der Waals surface area contributed by atoms with Gasteiger partial charge in [-0.3, -0.25) is 4.79 Å². The maximum absolute atomic E-state index is 10.2. The highest BCUT2D eigenvalue weighted by molar-refractivity contribution is 5.74. The van der Waals surface area contributed by atoms with Crippen molar-refractivity contribution in [1.82, 2.24) is 0 Å². The van der Waals surface area contributed by atoms with E-state index in [1.165, 1.54) is 18.4 Å². The maximum Gasteiger partial charge on any atom is 0.150 e. The molecule has 0 radical (unpaired) electrons. The minimum atomic E-state index is 0.747. The molecular weight excluding hydrogens is 188 g/mol. The Balaban J connectivity index is 0.000000187. The molecule has 2 heteroatoms. The van der Waals surface area contributed by atoms with Crippen molar-refractivity contribution < 1.29 is 9.53 Å². The summed E-state index contributed by atoms with van der Waals surface area (Å²) in [4.78, 5) is 10.2. The summed E-state index contributed by atoms with van der Waals surface area (Å²) >= 11 is 0. The van der Waals surface area contributed by atoms with Gasteiger partial charge < -0.3 is 4.74 Å². The van der Waals surface area contributed by atoms with Crippen LogP contribution in [0.3, 0.4) is 0 Å². The Morgan fingerprint density at radius 2 is 1.80 bits per heavy atom. The van der Waals surface area contributed by atoms with E-state index in [1.54, 1.807) is 0 Å². The number of ether oxygens (including phenoxy) is 1. The van der Waals surface area contributed by atoms with E-state index < -0.39 is 0 Å². The summed E-state index contributed by atoms with van der Waals surface area (Å²) in [5.41, 5.74) is 2.02. The van der Waals surface area contributed by atoms with Gasteiger partial charge in [0.25, 0.3) is 0 Å². The van der Waals surface area contributed by atoms with Crippen LogP contribution in [0.5, 0.6) is 0 Å². The minimum Gasteiger partial charge on any atom is -0.381 e. The molecule has 2 nitrogen and oxygen atoms in total. The van der Waals surface area contributed by atoms with Gasteiger partial charge in [-0.1, -0.05) is 31.2 Å². The lowest BCUT2D eigenvalue weighted by Gasteiger charge is -1.93. The van der Waals surface area contributed by atoms with Crippen molar-refractivity contribution in [3.8, 4) is 0 Å². The highest BCUT2D eigenvalue weighted by atomic mass is 16.5. The van der Waals surface area contributed by atoms with Gasteiger partial charge in [0.05, 0.1) is 0 Å². The summed E-state index contributed by atoms with van der Waals surface area (Å²) in [6, 6.07) is 7.63.